The van der Waals surface area contributed by atoms with Crippen molar-refractivity contribution in [3.63, 3.8) is 0 Å². The van der Waals surface area contributed by atoms with E-state index in [1.165, 1.54) is 16.6 Å². The molecule has 1 aliphatic heterocycles. The smallest absolute Gasteiger partial charge is 0.260 e. The van der Waals surface area contributed by atoms with Crippen LogP contribution in [0.3, 0.4) is 0 Å². The minimum atomic E-state index is -3.76. The summed E-state index contributed by atoms with van der Waals surface area (Å²) in [7, 11) is -3.76. The molecule has 154 valence electrons. The van der Waals surface area contributed by atoms with Gasteiger partial charge in [-0.25, -0.2) is 13.4 Å². The highest BCUT2D eigenvalue weighted by molar-refractivity contribution is 7.89. The second-order valence-corrected chi connectivity index (χ2v) is 9.31. The number of nitrogens with zero attached hydrogens (tertiary/aromatic N) is 2. The molecule has 7 heteroatoms. The minimum Gasteiger partial charge on any atom is -0.385 e. The Balaban J connectivity index is 1.55. The molecule has 4 rings (SSSR count). The summed E-state index contributed by atoms with van der Waals surface area (Å²) in [6.07, 6.45) is 1.92. The van der Waals surface area contributed by atoms with E-state index in [0.717, 1.165) is 16.7 Å². The molecule has 0 atom stereocenters. The van der Waals surface area contributed by atoms with E-state index in [2.05, 4.69) is 4.98 Å². The molecule has 1 aliphatic rings. The average molecular weight is 422 g/mol. The molecular weight excluding hydrogens is 398 g/mol. The van der Waals surface area contributed by atoms with Crippen LogP contribution in [0, 0.1) is 5.41 Å². The number of aliphatic hydroxyl groups is 1. The van der Waals surface area contributed by atoms with Crippen LogP contribution in [0.2, 0.25) is 0 Å². The maximum atomic E-state index is 13.2. The van der Waals surface area contributed by atoms with Crippen molar-refractivity contribution in [1.82, 2.24) is 9.29 Å². The van der Waals surface area contributed by atoms with Crippen molar-refractivity contribution in [3.05, 3.63) is 83.9 Å². The monoisotopic (exact) mass is 421 g/mol. The minimum absolute atomic E-state index is 0.00119. The number of rotatable bonds is 5. The van der Waals surface area contributed by atoms with E-state index in [1.54, 1.807) is 24.3 Å². The van der Waals surface area contributed by atoms with E-state index >= 15 is 0 Å². The summed E-state index contributed by atoms with van der Waals surface area (Å²) in [5.41, 5.74) is 1.91. The third kappa shape index (κ3) is 3.92. The standard InChI is InChI=1S/C23H23N3O3S/c24-17-18-9-11-19(12-10-18)21-7-4-8-22(25-21)30(28,29)26-15-13-23(27,14-16-26)20-5-2-1-3-6-20/h1-12,17,24,27H,13-16H2. The highest BCUT2D eigenvalue weighted by Gasteiger charge is 2.38. The molecule has 0 amide bonds. The zero-order chi connectivity index (χ0) is 21.2. The molecule has 3 aromatic rings. The zero-order valence-electron chi connectivity index (χ0n) is 16.4. The SMILES string of the molecule is N=Cc1ccc(-c2cccc(S(=O)(=O)N3CCC(O)(c4ccccc4)CC3)n2)cc1. The Labute approximate surface area is 176 Å². The van der Waals surface area contributed by atoms with Gasteiger partial charge in [-0.05, 0) is 36.1 Å². The molecule has 0 unspecified atom stereocenters. The Bertz CT molecular complexity index is 1140. The molecule has 1 saturated heterocycles. The zero-order valence-corrected chi connectivity index (χ0v) is 17.2. The van der Waals surface area contributed by atoms with Crippen molar-refractivity contribution in [3.8, 4) is 11.3 Å². The molecule has 0 radical (unpaired) electrons. The molecule has 2 aromatic carbocycles. The highest BCUT2D eigenvalue weighted by atomic mass is 32.2. The van der Waals surface area contributed by atoms with Crippen LogP contribution in [0.5, 0.6) is 0 Å². The lowest BCUT2D eigenvalue weighted by Gasteiger charge is -2.37. The molecule has 0 aliphatic carbocycles. The van der Waals surface area contributed by atoms with Gasteiger partial charge in [0.1, 0.15) is 0 Å². The van der Waals surface area contributed by atoms with Crippen molar-refractivity contribution < 1.29 is 13.5 Å². The first kappa shape index (κ1) is 20.4. The number of hydrogen-bond donors (Lipinski definition) is 2. The second kappa shape index (κ2) is 8.10. The third-order valence-corrected chi connectivity index (χ3v) is 7.36. The molecule has 1 aromatic heterocycles. The predicted octanol–water partition coefficient (Wildman–Crippen LogP) is 3.42. The molecule has 0 saturated carbocycles. The van der Waals surface area contributed by atoms with Crippen molar-refractivity contribution in [1.29, 1.82) is 5.41 Å². The maximum Gasteiger partial charge on any atom is 0.260 e. The number of sulfonamides is 1. The third-order valence-electron chi connectivity index (χ3n) is 5.56. The van der Waals surface area contributed by atoms with Crippen LogP contribution < -0.4 is 0 Å². The number of nitrogens with one attached hydrogen (secondary N) is 1. The van der Waals surface area contributed by atoms with Crippen LogP contribution in [-0.4, -0.2) is 42.1 Å². The quantitative estimate of drug-likeness (QED) is 0.617. The van der Waals surface area contributed by atoms with Crippen LogP contribution in [0.25, 0.3) is 11.3 Å². The van der Waals surface area contributed by atoms with E-state index < -0.39 is 15.6 Å². The number of pyridine rings is 1. The van der Waals surface area contributed by atoms with Crippen molar-refractivity contribution in [2.75, 3.05) is 13.1 Å². The lowest BCUT2D eigenvalue weighted by molar-refractivity contribution is -0.00965. The van der Waals surface area contributed by atoms with Crippen molar-refractivity contribution in [2.45, 2.75) is 23.5 Å². The first-order valence-electron chi connectivity index (χ1n) is 9.78. The van der Waals surface area contributed by atoms with Crippen LogP contribution in [0.1, 0.15) is 24.0 Å². The van der Waals surface area contributed by atoms with Gasteiger partial charge in [-0.3, -0.25) is 0 Å². The van der Waals surface area contributed by atoms with Gasteiger partial charge < -0.3 is 10.5 Å². The Morgan fingerprint density at radius 1 is 0.933 bits per heavy atom. The van der Waals surface area contributed by atoms with E-state index in [0.29, 0.717) is 18.5 Å². The Morgan fingerprint density at radius 3 is 2.23 bits per heavy atom. The number of piperidine rings is 1. The van der Waals surface area contributed by atoms with Crippen LogP contribution in [0.4, 0.5) is 0 Å². The molecule has 30 heavy (non-hydrogen) atoms. The van der Waals surface area contributed by atoms with E-state index in [4.69, 9.17) is 5.41 Å². The van der Waals surface area contributed by atoms with Gasteiger partial charge >= 0.3 is 0 Å². The summed E-state index contributed by atoms with van der Waals surface area (Å²) < 4.78 is 27.7. The molecular formula is C23H23N3O3S. The van der Waals surface area contributed by atoms with Gasteiger partial charge in [0, 0.05) is 24.9 Å². The summed E-state index contributed by atoms with van der Waals surface area (Å²) in [6, 6.07) is 21.6. The maximum absolute atomic E-state index is 13.2. The van der Waals surface area contributed by atoms with E-state index in [-0.39, 0.29) is 18.1 Å². The van der Waals surface area contributed by atoms with E-state index in [9.17, 15) is 13.5 Å². The van der Waals surface area contributed by atoms with Gasteiger partial charge in [0.2, 0.25) is 0 Å². The van der Waals surface area contributed by atoms with Gasteiger partial charge in [-0.2, -0.15) is 4.31 Å². The topological polar surface area (TPSA) is 94.4 Å². The van der Waals surface area contributed by atoms with E-state index in [1.807, 2.05) is 42.5 Å². The summed E-state index contributed by atoms with van der Waals surface area (Å²) in [6.45, 7) is 0.460. The van der Waals surface area contributed by atoms with Crippen molar-refractivity contribution in [2.24, 2.45) is 0 Å². The van der Waals surface area contributed by atoms with Crippen LogP contribution in [0.15, 0.2) is 77.8 Å². The fraction of sp³-hybridized carbons (Fsp3) is 0.217. The normalized spacial score (nSPS) is 16.8. The summed E-state index contributed by atoms with van der Waals surface area (Å²) in [4.78, 5) is 4.39. The summed E-state index contributed by atoms with van der Waals surface area (Å²) in [5, 5.41) is 18.3. The summed E-state index contributed by atoms with van der Waals surface area (Å²) in [5.74, 6) is 0. The lowest BCUT2D eigenvalue weighted by atomic mass is 9.85. The van der Waals surface area contributed by atoms with Gasteiger partial charge in [0.15, 0.2) is 5.03 Å². The highest BCUT2D eigenvalue weighted by Crippen LogP contribution is 2.34. The number of aromatic nitrogens is 1. The van der Waals surface area contributed by atoms with Gasteiger partial charge in [-0.15, -0.1) is 0 Å². The molecule has 6 nitrogen and oxygen atoms in total. The number of hydrogen-bond acceptors (Lipinski definition) is 5. The number of benzene rings is 2. The molecule has 2 heterocycles. The molecule has 2 N–H and O–H groups in total. The first-order chi connectivity index (χ1) is 14.4. The lowest BCUT2D eigenvalue weighted by Crippen LogP contribution is -2.45. The molecule has 1 fully saturated rings. The van der Waals surface area contributed by atoms with Crippen LogP contribution >= 0.6 is 0 Å². The molecule has 0 spiro atoms. The Morgan fingerprint density at radius 2 is 1.60 bits per heavy atom. The Kier molecular flexibility index (Phi) is 5.51. The van der Waals surface area contributed by atoms with Crippen molar-refractivity contribution >= 4 is 16.2 Å². The average Bonchev–Trinajstić information content (AvgIpc) is 2.80. The van der Waals surface area contributed by atoms with Gasteiger partial charge in [0.05, 0.1) is 11.3 Å². The second-order valence-electron chi connectivity index (χ2n) is 7.43. The van der Waals surface area contributed by atoms with Crippen LogP contribution in [-0.2, 0) is 15.6 Å². The van der Waals surface area contributed by atoms with Gasteiger partial charge in [-0.1, -0.05) is 60.7 Å². The molecule has 0 bridgehead atoms. The predicted molar refractivity (Wildman–Crippen MR) is 116 cm³/mol. The fourth-order valence-corrected chi connectivity index (χ4v) is 5.13. The Hall–Kier alpha value is -2.87. The largest absolute Gasteiger partial charge is 0.385 e. The summed E-state index contributed by atoms with van der Waals surface area (Å²) >= 11 is 0. The fourth-order valence-electron chi connectivity index (χ4n) is 3.74. The van der Waals surface area contributed by atoms with Gasteiger partial charge in [0.25, 0.3) is 10.0 Å². The first-order valence-corrected chi connectivity index (χ1v) is 11.2.